The van der Waals surface area contributed by atoms with E-state index >= 15 is 0 Å². The first-order chi connectivity index (χ1) is 15.2. The van der Waals surface area contributed by atoms with Crippen LogP contribution in [0.3, 0.4) is 0 Å². The molecule has 0 amide bonds. The first-order valence-electron chi connectivity index (χ1n) is 9.91. The van der Waals surface area contributed by atoms with Crippen molar-refractivity contribution in [2.75, 3.05) is 11.9 Å². The predicted octanol–water partition coefficient (Wildman–Crippen LogP) is 4.76. The first kappa shape index (κ1) is 20.7. The topological polar surface area (TPSA) is 86.2 Å². The van der Waals surface area contributed by atoms with Crippen molar-refractivity contribution in [1.82, 2.24) is 15.0 Å². The van der Waals surface area contributed by atoms with Crippen molar-refractivity contribution in [3.63, 3.8) is 0 Å². The minimum atomic E-state index is -0.323. The van der Waals surface area contributed by atoms with Crippen LogP contribution in [0, 0.1) is 6.92 Å². The molecule has 0 atom stereocenters. The second-order valence-corrected chi connectivity index (χ2v) is 7.83. The Hall–Kier alpha value is -3.52. The van der Waals surface area contributed by atoms with Gasteiger partial charge >= 0.3 is 5.97 Å². The normalized spacial score (nSPS) is 10.8. The number of nitrogens with zero attached hydrogens (tertiary/aromatic N) is 3. The van der Waals surface area contributed by atoms with Gasteiger partial charge < -0.3 is 14.8 Å². The summed E-state index contributed by atoms with van der Waals surface area (Å²) in [5.41, 5.74) is 2.94. The van der Waals surface area contributed by atoms with Gasteiger partial charge in [0.05, 0.1) is 12.0 Å². The molecule has 0 bridgehead atoms. The van der Waals surface area contributed by atoms with Gasteiger partial charge in [-0.15, -0.1) is 11.3 Å². The Kier molecular flexibility index (Phi) is 6.37. The van der Waals surface area contributed by atoms with Crippen molar-refractivity contribution >= 4 is 33.3 Å². The number of hydrogen-bond acceptors (Lipinski definition) is 8. The molecule has 0 aliphatic carbocycles. The smallest absolute Gasteiger partial charge is 0.348 e. The van der Waals surface area contributed by atoms with Crippen molar-refractivity contribution in [2.24, 2.45) is 0 Å². The van der Waals surface area contributed by atoms with Gasteiger partial charge in [-0.25, -0.2) is 14.8 Å². The molecule has 0 fully saturated rings. The number of ether oxygens (including phenoxy) is 2. The third-order valence-corrected chi connectivity index (χ3v) is 5.88. The molecule has 4 aromatic rings. The number of pyridine rings is 1. The van der Waals surface area contributed by atoms with Crippen LogP contribution < -0.4 is 10.1 Å². The van der Waals surface area contributed by atoms with E-state index in [2.05, 4.69) is 20.3 Å². The second-order valence-electron chi connectivity index (χ2n) is 6.83. The van der Waals surface area contributed by atoms with Gasteiger partial charge in [-0.2, -0.15) is 0 Å². The molecule has 3 aromatic heterocycles. The summed E-state index contributed by atoms with van der Waals surface area (Å²) in [5.74, 6) is 1.17. The molecule has 8 heteroatoms. The SMILES string of the molecule is CCOC(=O)c1sc2ncnc(NCc3ccc(OCc4cccnc4)cc3)c2c1C. The molecule has 0 spiro atoms. The summed E-state index contributed by atoms with van der Waals surface area (Å²) >= 11 is 1.33. The fourth-order valence-corrected chi connectivity index (χ4v) is 4.18. The summed E-state index contributed by atoms with van der Waals surface area (Å²) in [4.78, 5) is 26.3. The number of aryl methyl sites for hydroxylation is 1. The van der Waals surface area contributed by atoms with Crippen LogP contribution in [0.25, 0.3) is 10.2 Å². The minimum Gasteiger partial charge on any atom is -0.489 e. The second kappa shape index (κ2) is 9.53. The van der Waals surface area contributed by atoms with Gasteiger partial charge in [-0.05, 0) is 43.2 Å². The lowest BCUT2D eigenvalue weighted by atomic mass is 10.2. The van der Waals surface area contributed by atoms with E-state index in [4.69, 9.17) is 9.47 Å². The quantitative estimate of drug-likeness (QED) is 0.400. The molecule has 0 unspecified atom stereocenters. The summed E-state index contributed by atoms with van der Waals surface area (Å²) in [5, 5.41) is 4.21. The number of fused-ring (bicyclic) bond motifs is 1. The van der Waals surface area contributed by atoms with Gasteiger partial charge in [0.2, 0.25) is 0 Å². The molecule has 1 aromatic carbocycles. The van der Waals surface area contributed by atoms with Gasteiger partial charge in [0.15, 0.2) is 0 Å². The van der Waals surface area contributed by atoms with E-state index in [9.17, 15) is 4.79 Å². The van der Waals surface area contributed by atoms with Crippen molar-refractivity contribution in [3.8, 4) is 5.75 Å². The largest absolute Gasteiger partial charge is 0.489 e. The lowest BCUT2D eigenvalue weighted by molar-refractivity contribution is 0.0531. The van der Waals surface area contributed by atoms with Gasteiger partial charge in [0.25, 0.3) is 0 Å². The predicted molar refractivity (Wildman–Crippen MR) is 120 cm³/mol. The average molecular weight is 435 g/mol. The van der Waals surface area contributed by atoms with Crippen molar-refractivity contribution in [3.05, 3.63) is 76.7 Å². The number of anilines is 1. The monoisotopic (exact) mass is 434 g/mol. The maximum Gasteiger partial charge on any atom is 0.348 e. The zero-order valence-electron chi connectivity index (χ0n) is 17.3. The van der Waals surface area contributed by atoms with E-state index in [1.165, 1.54) is 17.7 Å². The number of benzene rings is 1. The molecule has 0 saturated heterocycles. The van der Waals surface area contributed by atoms with Gasteiger partial charge in [0, 0.05) is 24.5 Å². The maximum atomic E-state index is 12.2. The van der Waals surface area contributed by atoms with E-state index in [-0.39, 0.29) is 5.97 Å². The summed E-state index contributed by atoms with van der Waals surface area (Å²) in [7, 11) is 0. The lowest BCUT2D eigenvalue weighted by Crippen LogP contribution is -2.04. The van der Waals surface area contributed by atoms with Crippen molar-refractivity contribution in [2.45, 2.75) is 27.0 Å². The molecule has 31 heavy (non-hydrogen) atoms. The minimum absolute atomic E-state index is 0.323. The van der Waals surface area contributed by atoms with Crippen LogP contribution in [0.5, 0.6) is 5.75 Å². The fraction of sp³-hybridized carbons (Fsp3) is 0.217. The molecule has 158 valence electrons. The van der Waals surface area contributed by atoms with Crippen LogP contribution in [0.15, 0.2) is 55.1 Å². The highest BCUT2D eigenvalue weighted by molar-refractivity contribution is 7.20. The number of hydrogen-bond donors (Lipinski definition) is 1. The highest BCUT2D eigenvalue weighted by Gasteiger charge is 2.20. The van der Waals surface area contributed by atoms with Gasteiger partial charge in [-0.3, -0.25) is 4.98 Å². The Bertz CT molecular complexity index is 1180. The Morgan fingerprint density at radius 1 is 1.13 bits per heavy atom. The number of nitrogens with one attached hydrogen (secondary N) is 1. The van der Waals surface area contributed by atoms with E-state index in [1.807, 2.05) is 43.3 Å². The number of esters is 1. The van der Waals surface area contributed by atoms with Crippen LogP contribution in [0.4, 0.5) is 5.82 Å². The van der Waals surface area contributed by atoms with Crippen LogP contribution in [-0.4, -0.2) is 27.5 Å². The number of carbonyl (C=O) groups is 1. The Morgan fingerprint density at radius 2 is 1.97 bits per heavy atom. The highest BCUT2D eigenvalue weighted by atomic mass is 32.1. The molecular weight excluding hydrogens is 412 g/mol. The summed E-state index contributed by atoms with van der Waals surface area (Å²) in [6.07, 6.45) is 5.04. The molecule has 3 heterocycles. The summed E-state index contributed by atoms with van der Waals surface area (Å²) in [6.45, 7) is 5.09. The van der Waals surface area contributed by atoms with E-state index in [0.717, 1.165) is 32.7 Å². The van der Waals surface area contributed by atoms with E-state index in [0.29, 0.717) is 30.5 Å². The first-order valence-corrected chi connectivity index (χ1v) is 10.7. The Balaban J connectivity index is 1.43. The number of carbonyl (C=O) groups excluding carboxylic acids is 1. The van der Waals surface area contributed by atoms with E-state index < -0.39 is 0 Å². The third-order valence-electron chi connectivity index (χ3n) is 4.70. The van der Waals surface area contributed by atoms with Crippen molar-refractivity contribution in [1.29, 1.82) is 0 Å². The molecule has 0 aliphatic rings. The molecule has 1 N–H and O–H groups in total. The lowest BCUT2D eigenvalue weighted by Gasteiger charge is -2.09. The van der Waals surface area contributed by atoms with Crippen LogP contribution in [-0.2, 0) is 17.9 Å². The van der Waals surface area contributed by atoms with Crippen LogP contribution >= 0.6 is 11.3 Å². The van der Waals surface area contributed by atoms with Crippen LogP contribution in [0.2, 0.25) is 0 Å². The van der Waals surface area contributed by atoms with Gasteiger partial charge in [0.1, 0.15) is 34.2 Å². The standard InChI is InChI=1S/C23H22N4O3S/c1-3-29-23(28)20-15(2)19-21(26-14-27-22(19)31-20)25-12-16-6-8-18(9-7-16)30-13-17-5-4-10-24-11-17/h4-11,14H,3,12-13H2,1-2H3,(H,25,26,27). The zero-order valence-corrected chi connectivity index (χ0v) is 18.1. The molecule has 0 aliphatic heterocycles. The van der Waals surface area contributed by atoms with Gasteiger partial charge in [-0.1, -0.05) is 18.2 Å². The number of aromatic nitrogens is 3. The maximum absolute atomic E-state index is 12.2. The Morgan fingerprint density at radius 3 is 2.71 bits per heavy atom. The van der Waals surface area contributed by atoms with E-state index in [1.54, 1.807) is 19.3 Å². The van der Waals surface area contributed by atoms with Crippen molar-refractivity contribution < 1.29 is 14.3 Å². The molecule has 7 nitrogen and oxygen atoms in total. The molecule has 0 radical (unpaired) electrons. The fourth-order valence-electron chi connectivity index (χ4n) is 3.14. The molecule has 4 rings (SSSR count). The summed E-state index contributed by atoms with van der Waals surface area (Å²) < 4.78 is 11.0. The highest BCUT2D eigenvalue weighted by Crippen LogP contribution is 2.33. The number of thiophene rings is 1. The molecular formula is C23H22N4O3S. The molecule has 0 saturated carbocycles. The Labute approximate surface area is 184 Å². The summed E-state index contributed by atoms with van der Waals surface area (Å²) in [6, 6.07) is 11.8. The zero-order chi connectivity index (χ0) is 21.6. The average Bonchev–Trinajstić information content (AvgIpc) is 3.15. The van der Waals surface area contributed by atoms with Crippen LogP contribution in [0.1, 0.15) is 33.3 Å². The number of rotatable bonds is 8. The third kappa shape index (κ3) is 4.80.